The zero-order chi connectivity index (χ0) is 19.6. The van der Waals surface area contributed by atoms with Gasteiger partial charge >= 0.3 is 0 Å². The lowest BCUT2D eigenvalue weighted by Gasteiger charge is -2.36. The fraction of sp³-hybridized carbons (Fsp3) is 0.545. The molecule has 1 aromatic carbocycles. The summed E-state index contributed by atoms with van der Waals surface area (Å²) in [6.45, 7) is 4.19. The maximum absolute atomic E-state index is 13.3. The first kappa shape index (κ1) is 19.5. The Labute approximate surface area is 160 Å². The molecule has 5 heteroatoms. The molecule has 0 N–H and O–H groups in total. The third-order valence-corrected chi connectivity index (χ3v) is 5.92. The molecule has 1 saturated heterocycles. The van der Waals surface area contributed by atoms with Gasteiger partial charge in [-0.05, 0) is 19.3 Å². The first-order valence-corrected chi connectivity index (χ1v) is 9.99. The van der Waals surface area contributed by atoms with Gasteiger partial charge in [0.2, 0.25) is 11.8 Å². The molecule has 2 aliphatic rings. The molecule has 0 bridgehead atoms. The molecule has 1 aliphatic carbocycles. The average molecular weight is 369 g/mol. The average Bonchev–Trinajstić information content (AvgIpc) is 2.68. The number of nitrogens with zero attached hydrogens (tertiary/aromatic N) is 1. The van der Waals surface area contributed by atoms with E-state index >= 15 is 0 Å². The number of likely N-dealkylation sites (tertiary alicyclic amines) is 1. The highest BCUT2D eigenvalue weighted by atomic mass is 16.2. The minimum Gasteiger partial charge on any atom is -0.294 e. The van der Waals surface area contributed by atoms with Crippen LogP contribution in [0, 0.1) is 17.8 Å². The van der Waals surface area contributed by atoms with Crippen molar-refractivity contribution in [2.75, 3.05) is 6.54 Å². The maximum atomic E-state index is 13.3. The van der Waals surface area contributed by atoms with Crippen molar-refractivity contribution in [3.8, 4) is 0 Å². The lowest BCUT2D eigenvalue weighted by molar-refractivity contribution is -0.150. The van der Waals surface area contributed by atoms with Gasteiger partial charge in [0.25, 0.3) is 0 Å². The fourth-order valence-electron chi connectivity index (χ4n) is 4.38. The fourth-order valence-corrected chi connectivity index (χ4v) is 4.38. The molecule has 1 aliphatic heterocycles. The van der Waals surface area contributed by atoms with Crippen LogP contribution >= 0.6 is 0 Å². The Hall–Kier alpha value is -2.30. The second-order valence-electron chi connectivity index (χ2n) is 7.68. The summed E-state index contributed by atoms with van der Waals surface area (Å²) in [6, 6.07) is 6.85. The third-order valence-electron chi connectivity index (χ3n) is 5.92. The number of amides is 2. The van der Waals surface area contributed by atoms with Crippen LogP contribution in [0.2, 0.25) is 0 Å². The molecule has 0 saturated carbocycles. The van der Waals surface area contributed by atoms with E-state index in [1.807, 2.05) is 6.92 Å². The van der Waals surface area contributed by atoms with Gasteiger partial charge in [0.15, 0.2) is 11.6 Å². The van der Waals surface area contributed by atoms with Crippen LogP contribution in [0.5, 0.6) is 0 Å². The van der Waals surface area contributed by atoms with E-state index in [4.69, 9.17) is 0 Å². The van der Waals surface area contributed by atoms with Gasteiger partial charge in [-0.2, -0.15) is 0 Å². The Morgan fingerprint density at radius 2 is 1.78 bits per heavy atom. The van der Waals surface area contributed by atoms with Crippen LogP contribution in [-0.2, 0) is 9.59 Å². The second-order valence-corrected chi connectivity index (χ2v) is 7.68. The number of benzene rings is 1. The molecule has 3 unspecified atom stereocenters. The van der Waals surface area contributed by atoms with Crippen molar-refractivity contribution in [2.24, 2.45) is 17.8 Å². The lowest BCUT2D eigenvalue weighted by atomic mass is 9.67. The highest BCUT2D eigenvalue weighted by molar-refractivity contribution is 6.17. The predicted octanol–water partition coefficient (Wildman–Crippen LogP) is 3.66. The highest BCUT2D eigenvalue weighted by Crippen LogP contribution is 2.38. The van der Waals surface area contributed by atoms with Crippen LogP contribution in [0.4, 0.5) is 0 Å². The zero-order valence-corrected chi connectivity index (χ0v) is 16.1. The van der Waals surface area contributed by atoms with Crippen LogP contribution in [0.3, 0.4) is 0 Å². The molecular weight excluding hydrogens is 342 g/mol. The molecule has 3 rings (SSSR count). The van der Waals surface area contributed by atoms with E-state index in [0.717, 1.165) is 25.7 Å². The molecule has 1 heterocycles. The summed E-state index contributed by atoms with van der Waals surface area (Å²) >= 11 is 0. The van der Waals surface area contributed by atoms with Crippen LogP contribution in [0.15, 0.2) is 24.3 Å². The molecule has 27 heavy (non-hydrogen) atoms. The summed E-state index contributed by atoms with van der Waals surface area (Å²) in [6.07, 6.45) is 4.17. The number of carbonyl (C=O) groups is 4. The third kappa shape index (κ3) is 3.60. The Bertz CT molecular complexity index is 769. The van der Waals surface area contributed by atoms with Gasteiger partial charge in [-0.25, -0.2) is 0 Å². The first-order chi connectivity index (χ1) is 13.0. The van der Waals surface area contributed by atoms with Crippen LogP contribution in [0.25, 0.3) is 0 Å². The minimum absolute atomic E-state index is 0.0885. The number of ketones is 2. The maximum Gasteiger partial charge on any atom is 0.233 e. The van der Waals surface area contributed by atoms with Crippen molar-refractivity contribution in [1.82, 2.24) is 4.90 Å². The van der Waals surface area contributed by atoms with Crippen LogP contribution in [-0.4, -0.2) is 34.8 Å². The van der Waals surface area contributed by atoms with Gasteiger partial charge in [-0.15, -0.1) is 0 Å². The van der Waals surface area contributed by atoms with Crippen LogP contribution in [0.1, 0.15) is 73.1 Å². The molecule has 0 radical (unpaired) electrons. The van der Waals surface area contributed by atoms with E-state index < -0.39 is 17.8 Å². The number of Topliss-reactive ketones (excluding diaryl/α,β-unsaturated/α-hetero) is 2. The number of piperidine rings is 1. The van der Waals surface area contributed by atoms with Gasteiger partial charge in [0.1, 0.15) is 0 Å². The van der Waals surface area contributed by atoms with E-state index in [9.17, 15) is 19.2 Å². The van der Waals surface area contributed by atoms with Crippen molar-refractivity contribution in [3.05, 3.63) is 35.4 Å². The summed E-state index contributed by atoms with van der Waals surface area (Å²) in [4.78, 5) is 53.0. The van der Waals surface area contributed by atoms with E-state index in [2.05, 4.69) is 0 Å². The quantitative estimate of drug-likeness (QED) is 0.794. The van der Waals surface area contributed by atoms with Crippen LogP contribution < -0.4 is 0 Å². The Balaban J connectivity index is 1.97. The first-order valence-electron chi connectivity index (χ1n) is 9.99. The number of unbranched alkanes of at least 4 members (excludes halogenated alkanes) is 1. The van der Waals surface area contributed by atoms with Crippen molar-refractivity contribution in [3.63, 3.8) is 0 Å². The molecule has 0 spiro atoms. The largest absolute Gasteiger partial charge is 0.294 e. The smallest absolute Gasteiger partial charge is 0.233 e. The highest BCUT2D eigenvalue weighted by Gasteiger charge is 2.46. The molecule has 144 valence electrons. The van der Waals surface area contributed by atoms with E-state index in [-0.39, 0.29) is 23.4 Å². The number of hydrogen-bond donors (Lipinski definition) is 0. The standard InChI is InChI=1S/C22H27NO4/c1-3-4-9-17(22(27)23-13-8-7-12-18(23)24)19-14(2)20(25)15-10-5-6-11-16(15)21(19)26/h5-6,10-11,14,17,19H,3-4,7-9,12-13H2,1-2H3. The predicted molar refractivity (Wildman–Crippen MR) is 101 cm³/mol. The van der Waals surface area contributed by atoms with E-state index in [0.29, 0.717) is 30.5 Å². The van der Waals surface area contributed by atoms with Crippen molar-refractivity contribution in [2.45, 2.75) is 52.4 Å². The zero-order valence-electron chi connectivity index (χ0n) is 16.1. The summed E-state index contributed by atoms with van der Waals surface area (Å²) in [5.74, 6) is -2.53. The van der Waals surface area contributed by atoms with Crippen molar-refractivity contribution in [1.29, 1.82) is 0 Å². The van der Waals surface area contributed by atoms with Gasteiger partial charge in [0.05, 0.1) is 0 Å². The topological polar surface area (TPSA) is 71.5 Å². The molecular formula is C22H27NO4. The van der Waals surface area contributed by atoms with E-state index in [1.165, 1.54) is 4.90 Å². The SMILES string of the molecule is CCCCC(C(=O)N1CCCCC1=O)C1C(=O)c2ccccc2C(=O)C1C. The Morgan fingerprint density at radius 3 is 2.41 bits per heavy atom. The number of imide groups is 1. The van der Waals surface area contributed by atoms with E-state index in [1.54, 1.807) is 31.2 Å². The number of hydrogen-bond acceptors (Lipinski definition) is 4. The molecule has 1 aromatic rings. The summed E-state index contributed by atoms with van der Waals surface area (Å²) in [5.41, 5.74) is 0.854. The number of fused-ring (bicyclic) bond motifs is 1. The van der Waals surface area contributed by atoms with Crippen molar-refractivity contribution >= 4 is 23.4 Å². The lowest BCUT2D eigenvalue weighted by Crippen LogP contribution is -2.49. The summed E-state index contributed by atoms with van der Waals surface area (Å²) in [7, 11) is 0. The van der Waals surface area contributed by atoms with Gasteiger partial charge in [-0.3, -0.25) is 24.1 Å². The molecule has 0 aromatic heterocycles. The van der Waals surface area contributed by atoms with Gasteiger partial charge in [0, 0.05) is 41.8 Å². The number of rotatable bonds is 5. The minimum atomic E-state index is -0.693. The monoisotopic (exact) mass is 369 g/mol. The summed E-state index contributed by atoms with van der Waals surface area (Å²) in [5, 5.41) is 0. The van der Waals surface area contributed by atoms with Gasteiger partial charge in [-0.1, -0.05) is 51.0 Å². The molecule has 5 nitrogen and oxygen atoms in total. The summed E-state index contributed by atoms with van der Waals surface area (Å²) < 4.78 is 0. The molecule has 3 atom stereocenters. The normalized spacial score (nSPS) is 23.9. The second kappa shape index (κ2) is 8.15. The molecule has 2 amide bonds. The molecule has 1 fully saturated rings. The van der Waals surface area contributed by atoms with Gasteiger partial charge < -0.3 is 0 Å². The van der Waals surface area contributed by atoms with Crippen molar-refractivity contribution < 1.29 is 19.2 Å². The Morgan fingerprint density at radius 1 is 1.11 bits per heavy atom. The number of carbonyl (C=O) groups excluding carboxylic acids is 4. The Kier molecular flexibility index (Phi) is 5.88.